The average Bonchev–Trinajstić information content (AvgIpc) is 2.86. The molecule has 1 N–H and O–H groups in total. The highest BCUT2D eigenvalue weighted by Gasteiger charge is 2.20. The van der Waals surface area contributed by atoms with Gasteiger partial charge in [0.05, 0.1) is 0 Å². The van der Waals surface area contributed by atoms with Gasteiger partial charge in [0.15, 0.2) is 0 Å². The van der Waals surface area contributed by atoms with Crippen molar-refractivity contribution in [2.45, 2.75) is 32.9 Å². The van der Waals surface area contributed by atoms with E-state index < -0.39 is 0 Å². The van der Waals surface area contributed by atoms with Gasteiger partial charge in [-0.05, 0) is 57.5 Å². The zero-order valence-electron chi connectivity index (χ0n) is 13.3. The smallest absolute Gasteiger partial charge is 0.0483 e. The second kappa shape index (κ2) is 6.63. The molecule has 1 unspecified atom stereocenters. The molecular formula is C18H27N3. The Hall–Kier alpha value is -1.32. The van der Waals surface area contributed by atoms with Crippen LogP contribution in [0.25, 0.3) is 10.9 Å². The molecule has 1 aliphatic rings. The second-order valence-electron chi connectivity index (χ2n) is 6.26. The quantitative estimate of drug-likeness (QED) is 0.911. The SMILES string of the molecule is CCn1cc(CN2CCCC(CNC)C2)c2ccccc21. The first-order chi connectivity index (χ1) is 10.3. The lowest BCUT2D eigenvalue weighted by atomic mass is 9.97. The lowest BCUT2D eigenvalue weighted by Crippen LogP contribution is -2.38. The average molecular weight is 285 g/mol. The fraction of sp³-hybridized carbons (Fsp3) is 0.556. The van der Waals surface area contributed by atoms with Crippen LogP contribution in [0.3, 0.4) is 0 Å². The van der Waals surface area contributed by atoms with Crippen molar-refractivity contribution >= 4 is 10.9 Å². The Balaban J connectivity index is 1.78. The summed E-state index contributed by atoms with van der Waals surface area (Å²) in [6, 6.07) is 8.81. The van der Waals surface area contributed by atoms with Crippen molar-refractivity contribution in [2.75, 3.05) is 26.7 Å². The zero-order valence-corrected chi connectivity index (χ0v) is 13.3. The molecule has 1 aromatic carbocycles. The molecule has 1 fully saturated rings. The first-order valence-corrected chi connectivity index (χ1v) is 8.25. The molecule has 2 aromatic rings. The van der Waals surface area contributed by atoms with E-state index >= 15 is 0 Å². The molecule has 1 aliphatic heterocycles. The lowest BCUT2D eigenvalue weighted by molar-refractivity contribution is 0.167. The van der Waals surface area contributed by atoms with Crippen LogP contribution in [-0.2, 0) is 13.1 Å². The van der Waals surface area contributed by atoms with Crippen molar-refractivity contribution in [3.63, 3.8) is 0 Å². The van der Waals surface area contributed by atoms with E-state index in [1.807, 2.05) is 0 Å². The van der Waals surface area contributed by atoms with E-state index in [2.05, 4.69) is 59.2 Å². The van der Waals surface area contributed by atoms with Crippen molar-refractivity contribution in [3.8, 4) is 0 Å². The van der Waals surface area contributed by atoms with Crippen LogP contribution in [0.1, 0.15) is 25.3 Å². The van der Waals surface area contributed by atoms with Crippen molar-refractivity contribution in [1.82, 2.24) is 14.8 Å². The van der Waals surface area contributed by atoms with Crippen LogP contribution < -0.4 is 5.32 Å². The molecule has 3 nitrogen and oxygen atoms in total. The Kier molecular flexibility index (Phi) is 4.61. The van der Waals surface area contributed by atoms with Gasteiger partial charge in [0, 0.05) is 36.7 Å². The normalized spacial score (nSPS) is 20.2. The van der Waals surface area contributed by atoms with E-state index in [9.17, 15) is 0 Å². The number of para-hydroxylation sites is 1. The van der Waals surface area contributed by atoms with Gasteiger partial charge in [0.1, 0.15) is 0 Å². The van der Waals surface area contributed by atoms with Crippen LogP contribution in [0.15, 0.2) is 30.5 Å². The van der Waals surface area contributed by atoms with Gasteiger partial charge in [-0.15, -0.1) is 0 Å². The predicted octanol–water partition coefficient (Wildman–Crippen LogP) is 3.09. The Bertz CT molecular complexity index is 585. The van der Waals surface area contributed by atoms with E-state index in [1.54, 1.807) is 0 Å². The number of likely N-dealkylation sites (tertiary alicyclic amines) is 1. The third-order valence-electron chi connectivity index (χ3n) is 4.70. The number of nitrogens with zero attached hydrogens (tertiary/aromatic N) is 2. The number of nitrogens with one attached hydrogen (secondary N) is 1. The molecule has 1 aromatic heterocycles. The van der Waals surface area contributed by atoms with Gasteiger partial charge in [0.2, 0.25) is 0 Å². The van der Waals surface area contributed by atoms with Crippen LogP contribution >= 0.6 is 0 Å². The highest BCUT2D eigenvalue weighted by atomic mass is 15.1. The van der Waals surface area contributed by atoms with Gasteiger partial charge in [0.25, 0.3) is 0 Å². The van der Waals surface area contributed by atoms with Crippen molar-refractivity contribution in [2.24, 2.45) is 5.92 Å². The standard InChI is InChI=1S/C18H27N3/c1-3-21-14-16(17-8-4-5-9-18(17)21)13-20-10-6-7-15(12-20)11-19-2/h4-5,8-9,14-15,19H,3,6-7,10-13H2,1-2H3. The third kappa shape index (κ3) is 3.14. The molecule has 3 rings (SSSR count). The van der Waals surface area contributed by atoms with Crippen molar-refractivity contribution in [3.05, 3.63) is 36.0 Å². The summed E-state index contributed by atoms with van der Waals surface area (Å²) in [5, 5.41) is 4.76. The summed E-state index contributed by atoms with van der Waals surface area (Å²) < 4.78 is 2.37. The minimum absolute atomic E-state index is 0.809. The Labute approximate surface area is 127 Å². The number of aromatic nitrogens is 1. The molecule has 2 heterocycles. The predicted molar refractivity (Wildman–Crippen MR) is 89.5 cm³/mol. The van der Waals surface area contributed by atoms with Crippen LogP contribution in [0.5, 0.6) is 0 Å². The third-order valence-corrected chi connectivity index (χ3v) is 4.70. The number of hydrogen-bond acceptors (Lipinski definition) is 2. The Morgan fingerprint density at radius 3 is 2.95 bits per heavy atom. The molecule has 0 amide bonds. The minimum Gasteiger partial charge on any atom is -0.347 e. The van der Waals surface area contributed by atoms with Crippen molar-refractivity contribution in [1.29, 1.82) is 0 Å². The lowest BCUT2D eigenvalue weighted by Gasteiger charge is -2.32. The van der Waals surface area contributed by atoms with Gasteiger partial charge in [-0.1, -0.05) is 18.2 Å². The number of hydrogen-bond donors (Lipinski definition) is 1. The van der Waals surface area contributed by atoms with Crippen molar-refractivity contribution < 1.29 is 0 Å². The second-order valence-corrected chi connectivity index (χ2v) is 6.26. The van der Waals surface area contributed by atoms with E-state index in [4.69, 9.17) is 0 Å². The fourth-order valence-corrected chi connectivity index (χ4v) is 3.70. The first kappa shape index (κ1) is 14.6. The highest BCUT2D eigenvalue weighted by Crippen LogP contribution is 2.25. The van der Waals surface area contributed by atoms with Gasteiger partial charge < -0.3 is 9.88 Å². The fourth-order valence-electron chi connectivity index (χ4n) is 3.70. The Morgan fingerprint density at radius 1 is 1.29 bits per heavy atom. The van der Waals surface area contributed by atoms with Gasteiger partial charge >= 0.3 is 0 Å². The van der Waals surface area contributed by atoms with Gasteiger partial charge in [-0.2, -0.15) is 0 Å². The summed E-state index contributed by atoms with van der Waals surface area (Å²) in [6.45, 7) is 7.97. The molecule has 0 spiro atoms. The van der Waals surface area contributed by atoms with Crippen LogP contribution in [0.2, 0.25) is 0 Å². The monoisotopic (exact) mass is 285 g/mol. The largest absolute Gasteiger partial charge is 0.347 e. The molecule has 114 valence electrons. The molecule has 0 saturated carbocycles. The minimum atomic E-state index is 0.809. The molecule has 0 radical (unpaired) electrons. The molecule has 0 bridgehead atoms. The summed E-state index contributed by atoms with van der Waals surface area (Å²) >= 11 is 0. The first-order valence-electron chi connectivity index (χ1n) is 8.25. The zero-order chi connectivity index (χ0) is 14.7. The molecular weight excluding hydrogens is 258 g/mol. The summed E-state index contributed by atoms with van der Waals surface area (Å²) in [6.07, 6.45) is 5.05. The number of aryl methyl sites for hydroxylation is 1. The maximum Gasteiger partial charge on any atom is 0.0483 e. The van der Waals surface area contributed by atoms with Gasteiger partial charge in [-0.3, -0.25) is 4.90 Å². The number of rotatable bonds is 5. The number of benzene rings is 1. The maximum atomic E-state index is 3.33. The molecule has 3 heteroatoms. The summed E-state index contributed by atoms with van der Waals surface area (Å²) in [5.41, 5.74) is 2.86. The maximum absolute atomic E-state index is 3.33. The van der Waals surface area contributed by atoms with E-state index in [1.165, 1.54) is 42.4 Å². The summed E-state index contributed by atoms with van der Waals surface area (Å²) in [7, 11) is 2.06. The van der Waals surface area contributed by atoms with Gasteiger partial charge in [-0.25, -0.2) is 0 Å². The summed E-state index contributed by atoms with van der Waals surface area (Å²) in [5.74, 6) is 0.809. The van der Waals surface area contributed by atoms with Crippen LogP contribution in [-0.4, -0.2) is 36.1 Å². The molecule has 1 atom stereocenters. The molecule has 0 aliphatic carbocycles. The van der Waals surface area contributed by atoms with E-state index in [-0.39, 0.29) is 0 Å². The number of fused-ring (bicyclic) bond motifs is 1. The molecule has 1 saturated heterocycles. The number of piperidine rings is 1. The molecule has 21 heavy (non-hydrogen) atoms. The van der Waals surface area contributed by atoms with E-state index in [0.717, 1.165) is 25.6 Å². The summed E-state index contributed by atoms with van der Waals surface area (Å²) in [4.78, 5) is 2.63. The highest BCUT2D eigenvalue weighted by molar-refractivity contribution is 5.83. The van der Waals surface area contributed by atoms with Crippen LogP contribution in [0, 0.1) is 5.92 Å². The van der Waals surface area contributed by atoms with Crippen LogP contribution in [0.4, 0.5) is 0 Å². The van der Waals surface area contributed by atoms with E-state index in [0.29, 0.717) is 0 Å². The Morgan fingerprint density at radius 2 is 2.14 bits per heavy atom. The topological polar surface area (TPSA) is 20.2 Å².